The fourth-order valence-corrected chi connectivity index (χ4v) is 3.52. The van der Waals surface area contributed by atoms with Crippen LogP contribution in [0.5, 0.6) is 0 Å². The summed E-state index contributed by atoms with van der Waals surface area (Å²) in [5, 5.41) is 0. The fourth-order valence-electron chi connectivity index (χ4n) is 3.05. The average molecular weight is 409 g/mol. The maximum atomic E-state index is 12.2. The fraction of sp³-hybridized carbons (Fsp3) is 0.950. The van der Waals surface area contributed by atoms with Crippen LogP contribution >= 0.6 is 0 Å². The van der Waals surface area contributed by atoms with Crippen molar-refractivity contribution in [2.24, 2.45) is 5.92 Å². The van der Waals surface area contributed by atoms with Gasteiger partial charge in [0.15, 0.2) is 6.10 Å². The van der Waals surface area contributed by atoms with Gasteiger partial charge >= 0.3 is 16.4 Å². The van der Waals surface area contributed by atoms with Gasteiger partial charge in [0.2, 0.25) is 0 Å². The topological polar surface area (TPSA) is 89.9 Å². The summed E-state index contributed by atoms with van der Waals surface area (Å²) >= 11 is 0. The van der Waals surface area contributed by atoms with E-state index in [4.69, 9.17) is 9.29 Å². The molecule has 0 radical (unpaired) electrons. The van der Waals surface area contributed by atoms with Gasteiger partial charge in [0.25, 0.3) is 0 Å². The minimum atomic E-state index is -4.68. The minimum Gasteiger partial charge on any atom is -0.463 e. The van der Waals surface area contributed by atoms with Gasteiger partial charge in [-0.05, 0) is 25.2 Å². The van der Waals surface area contributed by atoms with Crippen LogP contribution in [-0.4, -0.2) is 31.7 Å². The van der Waals surface area contributed by atoms with Gasteiger partial charge in [0.1, 0.15) is 0 Å². The molecule has 7 heteroatoms. The molecule has 0 aromatic rings. The second-order valence-corrected chi connectivity index (χ2v) is 8.40. The Kier molecular flexibility index (Phi) is 15.9. The van der Waals surface area contributed by atoms with Gasteiger partial charge in [-0.2, -0.15) is 8.42 Å². The summed E-state index contributed by atoms with van der Waals surface area (Å²) in [6, 6.07) is 0. The first kappa shape index (κ1) is 26.3. The summed E-state index contributed by atoms with van der Waals surface area (Å²) in [5.74, 6) is -0.414. The minimum absolute atomic E-state index is 0.214. The molecule has 2 atom stereocenters. The van der Waals surface area contributed by atoms with Crippen molar-refractivity contribution in [1.82, 2.24) is 0 Å². The Morgan fingerprint density at radius 1 is 0.815 bits per heavy atom. The van der Waals surface area contributed by atoms with Crippen LogP contribution < -0.4 is 0 Å². The lowest BCUT2D eigenvalue weighted by molar-refractivity contribution is -0.154. The quantitative estimate of drug-likeness (QED) is 0.184. The van der Waals surface area contributed by atoms with E-state index in [9.17, 15) is 13.2 Å². The van der Waals surface area contributed by atoms with E-state index in [-0.39, 0.29) is 18.9 Å². The van der Waals surface area contributed by atoms with E-state index >= 15 is 0 Å². The predicted octanol–water partition coefficient (Wildman–Crippen LogP) is 5.46. The van der Waals surface area contributed by atoms with Gasteiger partial charge in [-0.15, -0.1) is 0 Å². The highest BCUT2D eigenvalue weighted by atomic mass is 32.3. The lowest BCUT2D eigenvalue weighted by Crippen LogP contribution is -2.30. The third-order valence-corrected chi connectivity index (χ3v) is 5.19. The number of hydrogen-bond acceptors (Lipinski definition) is 5. The van der Waals surface area contributed by atoms with Gasteiger partial charge in [-0.3, -0.25) is 4.55 Å². The van der Waals surface area contributed by atoms with Crippen LogP contribution in [0.15, 0.2) is 0 Å². The van der Waals surface area contributed by atoms with E-state index in [1.54, 1.807) is 0 Å². The summed E-state index contributed by atoms with van der Waals surface area (Å²) in [7, 11) is -4.68. The van der Waals surface area contributed by atoms with E-state index < -0.39 is 22.5 Å². The molecule has 0 spiro atoms. The van der Waals surface area contributed by atoms with Crippen LogP contribution in [0, 0.1) is 5.92 Å². The first-order valence-electron chi connectivity index (χ1n) is 10.7. The SMILES string of the molecule is CCCCCCCCC(CCCC)COC(=O)C(CCCC)OS(=O)(=O)O. The number of ether oxygens (including phenoxy) is 1. The molecule has 0 saturated carbocycles. The Labute approximate surface area is 166 Å². The molecule has 1 N–H and O–H groups in total. The molecule has 0 heterocycles. The number of carbonyl (C=O) groups excluding carboxylic acids is 1. The number of carbonyl (C=O) groups is 1. The molecular formula is C20H40O6S. The van der Waals surface area contributed by atoms with E-state index in [1.165, 1.54) is 32.1 Å². The number of unbranched alkanes of at least 4 members (excludes halogenated alkanes) is 7. The number of rotatable bonds is 18. The van der Waals surface area contributed by atoms with E-state index in [0.717, 1.165) is 38.5 Å². The molecule has 0 aromatic carbocycles. The van der Waals surface area contributed by atoms with Crippen molar-refractivity contribution in [3.63, 3.8) is 0 Å². The summed E-state index contributed by atoms with van der Waals surface area (Å²) in [4.78, 5) is 12.2. The molecule has 0 aliphatic rings. The van der Waals surface area contributed by atoms with Crippen LogP contribution in [0.2, 0.25) is 0 Å². The third-order valence-electron chi connectivity index (χ3n) is 4.71. The van der Waals surface area contributed by atoms with Crippen LogP contribution in [0.25, 0.3) is 0 Å². The Morgan fingerprint density at radius 2 is 1.33 bits per heavy atom. The van der Waals surface area contributed by atoms with Gasteiger partial charge < -0.3 is 4.74 Å². The van der Waals surface area contributed by atoms with Gasteiger partial charge in [-0.25, -0.2) is 8.98 Å². The third kappa shape index (κ3) is 16.0. The molecule has 0 aromatic heterocycles. The first-order chi connectivity index (χ1) is 12.8. The second kappa shape index (κ2) is 16.3. The summed E-state index contributed by atoms with van der Waals surface area (Å²) in [6.45, 7) is 6.55. The van der Waals surface area contributed by atoms with E-state index in [1.807, 2.05) is 6.92 Å². The molecule has 162 valence electrons. The molecule has 0 saturated heterocycles. The number of hydrogen-bond donors (Lipinski definition) is 1. The molecule has 0 aliphatic heterocycles. The number of esters is 1. The highest BCUT2D eigenvalue weighted by Crippen LogP contribution is 2.19. The average Bonchev–Trinajstić information content (AvgIpc) is 2.61. The molecule has 27 heavy (non-hydrogen) atoms. The zero-order valence-electron chi connectivity index (χ0n) is 17.5. The largest absolute Gasteiger partial charge is 0.463 e. The Bertz CT molecular complexity index is 463. The van der Waals surface area contributed by atoms with Crippen molar-refractivity contribution in [2.75, 3.05) is 6.61 Å². The second-order valence-electron chi connectivity index (χ2n) is 7.35. The molecule has 0 amide bonds. The smallest absolute Gasteiger partial charge is 0.398 e. The molecule has 0 rings (SSSR count). The van der Waals surface area contributed by atoms with Gasteiger partial charge in [-0.1, -0.05) is 85.0 Å². The molecular weight excluding hydrogens is 368 g/mol. The monoisotopic (exact) mass is 408 g/mol. The maximum absolute atomic E-state index is 12.2. The predicted molar refractivity (Wildman–Crippen MR) is 108 cm³/mol. The van der Waals surface area contributed by atoms with Crippen molar-refractivity contribution < 1.29 is 26.7 Å². The lowest BCUT2D eigenvalue weighted by Gasteiger charge is -2.19. The molecule has 2 unspecified atom stereocenters. The van der Waals surface area contributed by atoms with E-state index in [0.29, 0.717) is 6.42 Å². The van der Waals surface area contributed by atoms with Crippen molar-refractivity contribution in [2.45, 2.75) is 110 Å². The summed E-state index contributed by atoms with van der Waals surface area (Å²) < 4.78 is 40.7. The lowest BCUT2D eigenvalue weighted by atomic mass is 9.95. The van der Waals surface area contributed by atoms with Crippen LogP contribution in [0.1, 0.15) is 104 Å². The highest BCUT2D eigenvalue weighted by molar-refractivity contribution is 7.80. The highest BCUT2D eigenvalue weighted by Gasteiger charge is 2.26. The Hall–Kier alpha value is -0.660. The molecule has 0 fully saturated rings. The van der Waals surface area contributed by atoms with Crippen LogP contribution in [-0.2, 0) is 24.1 Å². The van der Waals surface area contributed by atoms with Crippen molar-refractivity contribution in [3.05, 3.63) is 0 Å². The van der Waals surface area contributed by atoms with E-state index in [2.05, 4.69) is 18.0 Å². The summed E-state index contributed by atoms with van der Waals surface area (Å²) in [5.41, 5.74) is 0. The zero-order valence-corrected chi connectivity index (χ0v) is 18.3. The molecule has 0 aliphatic carbocycles. The first-order valence-corrected chi connectivity index (χ1v) is 12.0. The van der Waals surface area contributed by atoms with Gasteiger partial charge in [0, 0.05) is 0 Å². The van der Waals surface area contributed by atoms with Crippen molar-refractivity contribution >= 4 is 16.4 Å². The zero-order chi connectivity index (χ0) is 20.5. The van der Waals surface area contributed by atoms with Crippen molar-refractivity contribution in [1.29, 1.82) is 0 Å². The summed E-state index contributed by atoms with van der Waals surface area (Å²) in [6.07, 6.45) is 11.9. The van der Waals surface area contributed by atoms with Crippen LogP contribution in [0.3, 0.4) is 0 Å². The van der Waals surface area contributed by atoms with Gasteiger partial charge in [0.05, 0.1) is 6.61 Å². The molecule has 6 nitrogen and oxygen atoms in total. The normalized spacial score (nSPS) is 14.1. The molecule has 0 bridgehead atoms. The van der Waals surface area contributed by atoms with Crippen LogP contribution in [0.4, 0.5) is 0 Å². The van der Waals surface area contributed by atoms with Crippen molar-refractivity contribution in [3.8, 4) is 0 Å². The Morgan fingerprint density at radius 3 is 1.93 bits per heavy atom. The Balaban J connectivity index is 4.45. The standard InChI is InChI=1S/C20H40O6S/c1-4-7-10-11-12-13-15-18(14-8-5-2)17-25-20(21)19(16-9-6-3)26-27(22,23)24/h18-19H,4-17H2,1-3H3,(H,22,23,24). The maximum Gasteiger partial charge on any atom is 0.398 e.